The summed E-state index contributed by atoms with van der Waals surface area (Å²) >= 11 is 0. The summed E-state index contributed by atoms with van der Waals surface area (Å²) in [5.74, 6) is -0.183. The lowest BCUT2D eigenvalue weighted by molar-refractivity contribution is -0.124. The molecule has 1 fully saturated rings. The number of amides is 1. The maximum atomic E-state index is 13.3. The predicted molar refractivity (Wildman–Crippen MR) is 95.2 cm³/mol. The molecule has 0 aromatic heterocycles. The lowest BCUT2D eigenvalue weighted by atomic mass is 9.88. The molecule has 1 saturated carbocycles. The molecule has 25 heavy (non-hydrogen) atoms. The van der Waals surface area contributed by atoms with Gasteiger partial charge in [-0.1, -0.05) is 49.2 Å². The van der Waals surface area contributed by atoms with Crippen molar-refractivity contribution < 1.29 is 9.18 Å². The largest absolute Gasteiger partial charge is 0.345 e. The van der Waals surface area contributed by atoms with Crippen LogP contribution in [0.3, 0.4) is 0 Å². The Morgan fingerprint density at radius 2 is 1.60 bits per heavy atom. The molecular formula is C21H23FN2O. The van der Waals surface area contributed by atoms with E-state index in [0.717, 1.165) is 44.3 Å². The SMILES string of the molecule is O=C(CN1Cc2ccccc2C1)NC1(c2ccc(F)cc2)CCCC1. The summed E-state index contributed by atoms with van der Waals surface area (Å²) in [7, 11) is 0. The minimum Gasteiger partial charge on any atom is -0.345 e. The van der Waals surface area contributed by atoms with Crippen LogP contribution in [0.25, 0.3) is 0 Å². The highest BCUT2D eigenvalue weighted by Gasteiger charge is 2.37. The summed E-state index contributed by atoms with van der Waals surface area (Å²) in [6.45, 7) is 2.05. The van der Waals surface area contributed by atoms with Gasteiger partial charge < -0.3 is 5.32 Å². The zero-order valence-corrected chi connectivity index (χ0v) is 14.3. The Balaban J connectivity index is 1.44. The van der Waals surface area contributed by atoms with Gasteiger partial charge in [0.2, 0.25) is 5.91 Å². The molecule has 1 aliphatic heterocycles. The van der Waals surface area contributed by atoms with Gasteiger partial charge in [-0.3, -0.25) is 9.69 Å². The highest BCUT2D eigenvalue weighted by atomic mass is 19.1. The molecule has 0 saturated heterocycles. The van der Waals surface area contributed by atoms with Crippen LogP contribution in [0.5, 0.6) is 0 Å². The average molecular weight is 338 g/mol. The Hall–Kier alpha value is -2.20. The Kier molecular flexibility index (Phi) is 4.30. The fourth-order valence-corrected chi connectivity index (χ4v) is 4.26. The molecule has 130 valence electrons. The topological polar surface area (TPSA) is 32.3 Å². The van der Waals surface area contributed by atoms with Gasteiger partial charge in [0, 0.05) is 13.1 Å². The van der Waals surface area contributed by atoms with Crippen LogP contribution in [0, 0.1) is 5.82 Å². The van der Waals surface area contributed by atoms with Crippen LogP contribution in [0.15, 0.2) is 48.5 Å². The van der Waals surface area contributed by atoms with E-state index in [9.17, 15) is 9.18 Å². The Morgan fingerprint density at radius 1 is 1.00 bits per heavy atom. The van der Waals surface area contributed by atoms with E-state index in [1.807, 2.05) is 24.3 Å². The number of carbonyl (C=O) groups excluding carboxylic acids is 1. The van der Waals surface area contributed by atoms with Crippen LogP contribution in [0.4, 0.5) is 4.39 Å². The average Bonchev–Trinajstić information content (AvgIpc) is 3.22. The second kappa shape index (κ2) is 6.60. The van der Waals surface area contributed by atoms with Gasteiger partial charge in [-0.15, -0.1) is 0 Å². The van der Waals surface area contributed by atoms with Gasteiger partial charge in [0.25, 0.3) is 0 Å². The molecule has 0 unspecified atom stereocenters. The number of nitrogens with one attached hydrogen (secondary N) is 1. The molecule has 0 bridgehead atoms. The quantitative estimate of drug-likeness (QED) is 0.921. The minimum absolute atomic E-state index is 0.0547. The third kappa shape index (κ3) is 3.31. The molecule has 1 aliphatic carbocycles. The van der Waals surface area contributed by atoms with Crippen molar-refractivity contribution in [2.75, 3.05) is 6.54 Å². The van der Waals surface area contributed by atoms with Crippen molar-refractivity contribution in [1.29, 1.82) is 0 Å². The molecule has 3 nitrogen and oxygen atoms in total. The van der Waals surface area contributed by atoms with Gasteiger partial charge in [-0.2, -0.15) is 0 Å². The number of benzene rings is 2. The summed E-state index contributed by atoms with van der Waals surface area (Å²) in [6, 6.07) is 14.9. The first kappa shape index (κ1) is 16.3. The first-order valence-electron chi connectivity index (χ1n) is 9.01. The second-order valence-electron chi connectivity index (χ2n) is 7.26. The number of hydrogen-bond acceptors (Lipinski definition) is 2. The van der Waals surface area contributed by atoms with Crippen LogP contribution in [0.1, 0.15) is 42.4 Å². The zero-order valence-electron chi connectivity index (χ0n) is 14.3. The standard InChI is InChI=1S/C21H23FN2O/c22-19-9-7-18(8-10-19)21(11-3-4-12-21)23-20(25)15-24-13-16-5-1-2-6-17(16)14-24/h1-2,5-10H,3-4,11-15H2,(H,23,25). The molecule has 0 atom stereocenters. The van der Waals surface area contributed by atoms with E-state index in [1.54, 1.807) is 0 Å². The maximum Gasteiger partial charge on any atom is 0.234 e. The summed E-state index contributed by atoms with van der Waals surface area (Å²) in [5, 5.41) is 3.28. The lowest BCUT2D eigenvalue weighted by Gasteiger charge is -2.32. The molecule has 2 aromatic rings. The van der Waals surface area contributed by atoms with Crippen molar-refractivity contribution in [2.45, 2.75) is 44.3 Å². The number of rotatable bonds is 4. The Morgan fingerprint density at radius 3 is 2.20 bits per heavy atom. The zero-order chi connectivity index (χ0) is 17.3. The fourth-order valence-electron chi connectivity index (χ4n) is 4.26. The number of hydrogen-bond donors (Lipinski definition) is 1. The number of halogens is 1. The maximum absolute atomic E-state index is 13.3. The number of nitrogens with zero attached hydrogens (tertiary/aromatic N) is 1. The van der Waals surface area contributed by atoms with Gasteiger partial charge in [0.05, 0.1) is 12.1 Å². The monoisotopic (exact) mass is 338 g/mol. The van der Waals surface area contributed by atoms with E-state index < -0.39 is 0 Å². The van der Waals surface area contributed by atoms with Gasteiger partial charge >= 0.3 is 0 Å². The predicted octanol–water partition coefficient (Wildman–Crippen LogP) is 3.73. The number of fused-ring (bicyclic) bond motifs is 1. The van der Waals surface area contributed by atoms with Crippen molar-refractivity contribution in [3.05, 3.63) is 71.0 Å². The van der Waals surface area contributed by atoms with Crippen molar-refractivity contribution in [3.8, 4) is 0 Å². The van der Waals surface area contributed by atoms with Gasteiger partial charge in [0.1, 0.15) is 5.82 Å². The van der Waals surface area contributed by atoms with E-state index >= 15 is 0 Å². The molecule has 1 amide bonds. The Bertz CT molecular complexity index is 741. The van der Waals surface area contributed by atoms with Crippen molar-refractivity contribution in [1.82, 2.24) is 10.2 Å². The molecule has 1 heterocycles. The summed E-state index contributed by atoms with van der Waals surface area (Å²) in [5.41, 5.74) is 3.30. The number of carbonyl (C=O) groups is 1. The molecule has 4 heteroatoms. The van der Waals surface area contributed by atoms with Crippen LogP contribution in [0.2, 0.25) is 0 Å². The summed E-state index contributed by atoms with van der Waals surface area (Å²) < 4.78 is 13.3. The van der Waals surface area contributed by atoms with Crippen molar-refractivity contribution in [3.63, 3.8) is 0 Å². The van der Waals surface area contributed by atoms with Crippen LogP contribution in [-0.4, -0.2) is 17.4 Å². The van der Waals surface area contributed by atoms with Gasteiger partial charge in [-0.05, 0) is 41.7 Å². The lowest BCUT2D eigenvalue weighted by Crippen LogP contribution is -2.47. The first-order chi connectivity index (χ1) is 12.1. The van der Waals surface area contributed by atoms with Crippen molar-refractivity contribution >= 4 is 5.91 Å². The molecular weight excluding hydrogens is 315 g/mol. The normalized spacial score (nSPS) is 18.9. The Labute approximate surface area is 147 Å². The van der Waals surface area contributed by atoms with E-state index in [1.165, 1.54) is 23.3 Å². The van der Waals surface area contributed by atoms with E-state index in [0.29, 0.717) is 6.54 Å². The molecule has 1 N–H and O–H groups in total. The molecule has 0 radical (unpaired) electrons. The van der Waals surface area contributed by atoms with Crippen LogP contribution < -0.4 is 5.32 Å². The van der Waals surface area contributed by atoms with Crippen molar-refractivity contribution in [2.24, 2.45) is 0 Å². The molecule has 4 rings (SSSR count). The fraction of sp³-hybridized carbons (Fsp3) is 0.381. The van der Waals surface area contributed by atoms with Gasteiger partial charge in [0.15, 0.2) is 0 Å². The third-order valence-electron chi connectivity index (χ3n) is 5.51. The van der Waals surface area contributed by atoms with Gasteiger partial charge in [-0.25, -0.2) is 4.39 Å². The second-order valence-corrected chi connectivity index (χ2v) is 7.26. The van der Waals surface area contributed by atoms with E-state index in [2.05, 4.69) is 22.3 Å². The smallest absolute Gasteiger partial charge is 0.234 e. The minimum atomic E-state index is -0.336. The van der Waals surface area contributed by atoms with Crippen LogP contribution in [-0.2, 0) is 23.4 Å². The van der Waals surface area contributed by atoms with Crippen LogP contribution >= 0.6 is 0 Å². The summed E-state index contributed by atoms with van der Waals surface area (Å²) in [4.78, 5) is 14.9. The van der Waals surface area contributed by atoms with E-state index in [4.69, 9.17) is 0 Å². The highest BCUT2D eigenvalue weighted by Crippen LogP contribution is 2.38. The third-order valence-corrected chi connectivity index (χ3v) is 5.51. The highest BCUT2D eigenvalue weighted by molar-refractivity contribution is 5.79. The molecule has 0 spiro atoms. The summed E-state index contributed by atoms with van der Waals surface area (Å²) in [6.07, 6.45) is 4.02. The van der Waals surface area contributed by atoms with E-state index in [-0.39, 0.29) is 17.3 Å². The molecule has 2 aromatic carbocycles. The molecule has 2 aliphatic rings. The first-order valence-corrected chi connectivity index (χ1v) is 9.01.